The highest BCUT2D eigenvalue weighted by atomic mass is 19.1. The number of hydrogen-bond donors (Lipinski definition) is 2. The summed E-state index contributed by atoms with van der Waals surface area (Å²) in [5.74, 6) is -0.419. The number of rotatable bonds is 4. The SMILES string of the molecule is CNC(=O)C1=CC(C(N)=O)(C2CC2)CC2=C1OCC2c1ccc(F)cc1. The third-order valence-corrected chi connectivity index (χ3v) is 5.74. The average molecular weight is 356 g/mol. The number of carbonyl (C=O) groups is 2. The fraction of sp³-hybridized carbons (Fsp3) is 0.400. The summed E-state index contributed by atoms with van der Waals surface area (Å²) in [4.78, 5) is 24.9. The molecule has 2 atom stereocenters. The highest BCUT2D eigenvalue weighted by molar-refractivity contribution is 6.00. The van der Waals surface area contributed by atoms with Gasteiger partial charge in [-0.15, -0.1) is 0 Å². The number of nitrogens with two attached hydrogens (primary N) is 1. The number of benzene rings is 1. The van der Waals surface area contributed by atoms with Gasteiger partial charge in [-0.25, -0.2) is 4.39 Å². The number of nitrogens with one attached hydrogen (secondary N) is 1. The first-order valence-corrected chi connectivity index (χ1v) is 8.83. The second-order valence-electron chi connectivity index (χ2n) is 7.26. The maximum Gasteiger partial charge on any atom is 0.254 e. The van der Waals surface area contributed by atoms with E-state index in [0.29, 0.717) is 24.4 Å². The van der Waals surface area contributed by atoms with Gasteiger partial charge in [-0.3, -0.25) is 9.59 Å². The number of primary amides is 1. The van der Waals surface area contributed by atoms with Gasteiger partial charge in [-0.05, 0) is 48.4 Å². The van der Waals surface area contributed by atoms with Crippen LogP contribution < -0.4 is 11.1 Å². The molecule has 1 heterocycles. The number of carbonyl (C=O) groups excluding carboxylic acids is 2. The third-order valence-electron chi connectivity index (χ3n) is 5.74. The van der Waals surface area contributed by atoms with Crippen LogP contribution in [0.25, 0.3) is 0 Å². The normalized spacial score (nSPS) is 27.5. The zero-order valence-corrected chi connectivity index (χ0v) is 14.5. The van der Waals surface area contributed by atoms with Crippen LogP contribution >= 0.6 is 0 Å². The van der Waals surface area contributed by atoms with Crippen LogP contribution in [0.5, 0.6) is 0 Å². The van der Waals surface area contributed by atoms with E-state index in [1.807, 2.05) is 0 Å². The minimum atomic E-state index is -0.855. The molecule has 2 unspecified atom stereocenters. The molecule has 2 aliphatic carbocycles. The molecule has 136 valence electrons. The van der Waals surface area contributed by atoms with E-state index in [1.165, 1.54) is 12.1 Å². The monoisotopic (exact) mass is 356 g/mol. The molecule has 26 heavy (non-hydrogen) atoms. The van der Waals surface area contributed by atoms with Gasteiger partial charge in [-0.1, -0.05) is 18.2 Å². The summed E-state index contributed by atoms with van der Waals surface area (Å²) in [6.45, 7) is 0.365. The van der Waals surface area contributed by atoms with E-state index in [9.17, 15) is 14.0 Å². The number of ether oxygens (including phenoxy) is 1. The molecule has 5 nitrogen and oxygen atoms in total. The summed E-state index contributed by atoms with van der Waals surface area (Å²) < 4.78 is 19.2. The summed E-state index contributed by atoms with van der Waals surface area (Å²) in [6.07, 6.45) is 4.01. The number of hydrogen-bond acceptors (Lipinski definition) is 3. The van der Waals surface area contributed by atoms with Gasteiger partial charge in [-0.2, -0.15) is 0 Å². The van der Waals surface area contributed by atoms with Gasteiger partial charge in [0.25, 0.3) is 5.91 Å². The molecule has 0 bridgehead atoms. The first-order valence-electron chi connectivity index (χ1n) is 8.83. The molecule has 6 heteroatoms. The van der Waals surface area contributed by atoms with Crippen molar-refractivity contribution >= 4 is 11.8 Å². The standard InChI is InChI=1S/C20H21FN2O3/c1-23-18(24)15-9-20(19(22)25,12-4-5-12)8-14-16(10-26-17(14)15)11-2-6-13(21)7-3-11/h2-3,6-7,9,12,16H,4-5,8,10H2,1H3,(H2,22,25)(H,23,24). The average Bonchev–Trinajstić information content (AvgIpc) is 3.41. The van der Waals surface area contributed by atoms with Gasteiger partial charge < -0.3 is 15.8 Å². The van der Waals surface area contributed by atoms with Crippen molar-refractivity contribution < 1.29 is 18.7 Å². The van der Waals surface area contributed by atoms with Crippen molar-refractivity contribution in [2.75, 3.05) is 13.7 Å². The topological polar surface area (TPSA) is 81.4 Å². The lowest BCUT2D eigenvalue weighted by Gasteiger charge is -2.33. The molecule has 1 aromatic carbocycles. The predicted molar refractivity (Wildman–Crippen MR) is 93.2 cm³/mol. The number of halogens is 1. The number of amides is 2. The van der Waals surface area contributed by atoms with Gasteiger partial charge >= 0.3 is 0 Å². The summed E-state index contributed by atoms with van der Waals surface area (Å²) >= 11 is 0. The van der Waals surface area contributed by atoms with Crippen molar-refractivity contribution in [1.82, 2.24) is 5.32 Å². The van der Waals surface area contributed by atoms with Gasteiger partial charge in [0.1, 0.15) is 11.6 Å². The summed E-state index contributed by atoms with van der Waals surface area (Å²) in [5.41, 5.74) is 7.14. The molecular formula is C20H21FN2O3. The Morgan fingerprint density at radius 3 is 2.54 bits per heavy atom. The summed E-state index contributed by atoms with van der Waals surface area (Å²) in [5, 5.41) is 2.62. The van der Waals surface area contributed by atoms with Crippen molar-refractivity contribution in [1.29, 1.82) is 0 Å². The number of likely N-dealkylation sites (N-methyl/N-ethyl adjacent to an activating group) is 1. The molecule has 1 aromatic rings. The van der Waals surface area contributed by atoms with E-state index in [1.54, 1.807) is 25.3 Å². The van der Waals surface area contributed by atoms with Crippen molar-refractivity contribution in [2.24, 2.45) is 17.1 Å². The fourth-order valence-corrected chi connectivity index (χ4v) is 4.18. The van der Waals surface area contributed by atoms with Crippen LogP contribution in [-0.4, -0.2) is 25.5 Å². The van der Waals surface area contributed by atoms with Crippen LogP contribution in [0.2, 0.25) is 0 Å². The molecule has 2 amide bonds. The summed E-state index contributed by atoms with van der Waals surface area (Å²) in [7, 11) is 1.55. The van der Waals surface area contributed by atoms with E-state index in [0.717, 1.165) is 24.0 Å². The van der Waals surface area contributed by atoms with Gasteiger partial charge in [0, 0.05) is 13.0 Å². The van der Waals surface area contributed by atoms with Gasteiger partial charge in [0.15, 0.2) is 0 Å². The molecule has 0 radical (unpaired) electrons. The van der Waals surface area contributed by atoms with Crippen LogP contribution in [0.3, 0.4) is 0 Å². The highest BCUT2D eigenvalue weighted by Gasteiger charge is 2.53. The van der Waals surface area contributed by atoms with Crippen molar-refractivity contribution in [3.63, 3.8) is 0 Å². The van der Waals surface area contributed by atoms with E-state index in [2.05, 4.69) is 5.32 Å². The zero-order valence-electron chi connectivity index (χ0n) is 14.5. The Labute approximate surface area is 151 Å². The zero-order chi connectivity index (χ0) is 18.5. The van der Waals surface area contributed by atoms with Crippen molar-refractivity contribution in [2.45, 2.75) is 25.2 Å². The molecule has 3 N–H and O–H groups in total. The largest absolute Gasteiger partial charge is 0.492 e. The minimum absolute atomic E-state index is 0.114. The minimum Gasteiger partial charge on any atom is -0.492 e. The Hall–Kier alpha value is -2.63. The van der Waals surface area contributed by atoms with Gasteiger partial charge in [0.2, 0.25) is 5.91 Å². The van der Waals surface area contributed by atoms with E-state index in [-0.39, 0.29) is 23.6 Å². The maximum absolute atomic E-state index is 13.3. The molecule has 3 aliphatic rings. The lowest BCUT2D eigenvalue weighted by molar-refractivity contribution is -0.126. The first kappa shape index (κ1) is 16.8. The Bertz CT molecular complexity index is 839. The molecule has 4 rings (SSSR count). The smallest absolute Gasteiger partial charge is 0.254 e. The Morgan fingerprint density at radius 2 is 1.96 bits per heavy atom. The molecule has 0 spiro atoms. The van der Waals surface area contributed by atoms with Crippen LogP contribution in [0.15, 0.2) is 47.2 Å². The van der Waals surface area contributed by atoms with Crippen LogP contribution in [0, 0.1) is 17.2 Å². The molecule has 1 aliphatic heterocycles. The second kappa shape index (κ2) is 5.97. The molecule has 1 saturated carbocycles. The van der Waals surface area contributed by atoms with Crippen LogP contribution in [-0.2, 0) is 14.3 Å². The predicted octanol–water partition coefficient (Wildman–Crippen LogP) is 2.15. The van der Waals surface area contributed by atoms with Gasteiger partial charge in [0.05, 0.1) is 17.6 Å². The van der Waals surface area contributed by atoms with E-state index in [4.69, 9.17) is 10.5 Å². The second-order valence-corrected chi connectivity index (χ2v) is 7.26. The van der Waals surface area contributed by atoms with Crippen LogP contribution in [0.4, 0.5) is 4.39 Å². The molecule has 1 fully saturated rings. The molecule has 0 aromatic heterocycles. The Morgan fingerprint density at radius 1 is 1.27 bits per heavy atom. The molecule has 0 saturated heterocycles. The lowest BCUT2D eigenvalue weighted by Crippen LogP contribution is -2.41. The van der Waals surface area contributed by atoms with E-state index < -0.39 is 11.3 Å². The third kappa shape index (κ3) is 2.52. The van der Waals surface area contributed by atoms with Crippen molar-refractivity contribution in [3.8, 4) is 0 Å². The summed E-state index contributed by atoms with van der Waals surface area (Å²) in [6, 6.07) is 6.27. The molecular weight excluding hydrogens is 335 g/mol. The quantitative estimate of drug-likeness (QED) is 0.867. The fourth-order valence-electron chi connectivity index (χ4n) is 4.18. The van der Waals surface area contributed by atoms with E-state index >= 15 is 0 Å². The Balaban J connectivity index is 1.81. The maximum atomic E-state index is 13.3. The van der Waals surface area contributed by atoms with Crippen LogP contribution in [0.1, 0.15) is 30.7 Å². The lowest BCUT2D eigenvalue weighted by atomic mass is 9.68. The highest BCUT2D eigenvalue weighted by Crippen LogP contribution is 2.56. The first-order chi connectivity index (χ1) is 12.5. The Kier molecular flexibility index (Phi) is 3.86. The van der Waals surface area contributed by atoms with Crippen molar-refractivity contribution in [3.05, 3.63) is 58.6 Å².